The highest BCUT2D eigenvalue weighted by Gasteiger charge is 2.29. The Kier molecular flexibility index (Phi) is 9.20. The largest absolute Gasteiger partial charge is 0.461 e. The zero-order valence-corrected chi connectivity index (χ0v) is 21.7. The number of amides is 2. The minimum Gasteiger partial charge on any atom is -0.461 e. The fourth-order valence-electron chi connectivity index (χ4n) is 2.94. The first-order chi connectivity index (χ1) is 15.8. The van der Waals surface area contributed by atoms with Crippen molar-refractivity contribution >= 4 is 29.3 Å². The van der Waals surface area contributed by atoms with Crippen LogP contribution in [-0.4, -0.2) is 40.1 Å². The quantitative estimate of drug-likeness (QED) is 0.481. The van der Waals surface area contributed by atoms with E-state index in [1.807, 2.05) is 27.7 Å². The van der Waals surface area contributed by atoms with E-state index in [0.29, 0.717) is 5.01 Å². The maximum Gasteiger partial charge on any atom is 0.408 e. The van der Waals surface area contributed by atoms with E-state index in [9.17, 15) is 14.4 Å². The Bertz CT molecular complexity index is 992. The number of alkyl carbamates (subject to hydrolysis) is 1. The topological polar surface area (TPSA) is 133 Å². The summed E-state index contributed by atoms with van der Waals surface area (Å²) in [6.45, 7) is 14.9. The van der Waals surface area contributed by atoms with Crippen molar-refractivity contribution in [2.45, 2.75) is 73.1 Å². The van der Waals surface area contributed by atoms with Gasteiger partial charge in [0.05, 0.1) is 12.6 Å². The van der Waals surface area contributed by atoms with Crippen molar-refractivity contribution in [1.29, 1.82) is 0 Å². The van der Waals surface area contributed by atoms with Gasteiger partial charge in [-0.2, -0.15) is 0 Å². The fraction of sp³-hybridized carbons (Fsp3) is 0.609. The molecule has 2 amide bonds. The lowest BCUT2D eigenvalue weighted by atomic mass is 10.0. The predicted molar refractivity (Wildman–Crippen MR) is 127 cm³/mol. The number of esters is 1. The van der Waals surface area contributed by atoms with Crippen molar-refractivity contribution in [3.8, 4) is 0 Å². The molecule has 0 saturated carbocycles. The number of hydrogen-bond donors (Lipinski definition) is 2. The summed E-state index contributed by atoms with van der Waals surface area (Å²) < 4.78 is 15.8. The smallest absolute Gasteiger partial charge is 0.408 e. The van der Waals surface area contributed by atoms with Gasteiger partial charge in [-0.3, -0.25) is 4.79 Å². The average Bonchev–Trinajstić information content (AvgIpc) is 3.38. The molecule has 0 fully saturated rings. The molecule has 0 radical (unpaired) electrons. The monoisotopic (exact) mass is 494 g/mol. The zero-order valence-electron chi connectivity index (χ0n) is 20.9. The lowest BCUT2D eigenvalue weighted by Crippen LogP contribution is -2.37. The molecule has 34 heavy (non-hydrogen) atoms. The molecule has 0 spiro atoms. The first kappa shape index (κ1) is 27.3. The Balaban J connectivity index is 2.15. The average molecular weight is 495 g/mol. The second kappa shape index (κ2) is 11.5. The molecule has 0 bridgehead atoms. The first-order valence-electron chi connectivity index (χ1n) is 11.2. The zero-order chi connectivity index (χ0) is 25.6. The van der Waals surface area contributed by atoms with E-state index in [4.69, 9.17) is 13.9 Å². The van der Waals surface area contributed by atoms with Gasteiger partial charge in [0, 0.05) is 5.38 Å². The lowest BCUT2D eigenvalue weighted by molar-refractivity contribution is 0.0477. The predicted octanol–water partition coefficient (Wildman–Crippen LogP) is 4.66. The minimum absolute atomic E-state index is 0.00577. The van der Waals surface area contributed by atoms with Crippen LogP contribution in [0.25, 0.3) is 0 Å². The van der Waals surface area contributed by atoms with E-state index < -0.39 is 35.7 Å². The summed E-state index contributed by atoms with van der Waals surface area (Å²) in [4.78, 5) is 45.8. The van der Waals surface area contributed by atoms with E-state index in [-0.39, 0.29) is 35.7 Å². The molecule has 2 rings (SSSR count). The normalized spacial score (nSPS) is 13.5. The van der Waals surface area contributed by atoms with Gasteiger partial charge in [-0.1, -0.05) is 27.7 Å². The molecule has 0 unspecified atom stereocenters. The van der Waals surface area contributed by atoms with Gasteiger partial charge in [0.25, 0.3) is 5.91 Å². The molecule has 2 aromatic heterocycles. The maximum atomic E-state index is 12.9. The van der Waals surface area contributed by atoms with Crippen molar-refractivity contribution in [2.24, 2.45) is 11.8 Å². The number of aromatic nitrogens is 2. The molecule has 0 aliphatic heterocycles. The third-order valence-corrected chi connectivity index (χ3v) is 5.51. The molecule has 0 aromatic carbocycles. The molecule has 188 valence electrons. The minimum atomic E-state index is -0.651. The molecule has 0 saturated heterocycles. The van der Waals surface area contributed by atoms with E-state index in [1.165, 1.54) is 17.6 Å². The third kappa shape index (κ3) is 7.54. The van der Waals surface area contributed by atoms with E-state index in [2.05, 4.69) is 20.6 Å². The van der Waals surface area contributed by atoms with Crippen molar-refractivity contribution < 1.29 is 28.3 Å². The molecule has 2 heterocycles. The van der Waals surface area contributed by atoms with Crippen molar-refractivity contribution in [3.63, 3.8) is 0 Å². The second-order valence-electron chi connectivity index (χ2n) is 9.43. The summed E-state index contributed by atoms with van der Waals surface area (Å²) in [5, 5.41) is 7.85. The fourth-order valence-corrected chi connectivity index (χ4v) is 3.95. The van der Waals surface area contributed by atoms with Gasteiger partial charge in [-0.15, -0.1) is 11.3 Å². The number of nitrogens with one attached hydrogen (secondary N) is 2. The number of nitrogens with zero attached hydrogens (tertiary/aromatic N) is 2. The SMILES string of the molecule is CCOC(=O)c1csc([C@@H](NC(=O)c2coc([C@@H](NC(=O)OC(C)(C)C)C(C)C)n2)C(C)C)n1. The number of ether oxygens (including phenoxy) is 2. The number of thiazole rings is 1. The first-order valence-corrected chi connectivity index (χ1v) is 12.1. The summed E-state index contributed by atoms with van der Waals surface area (Å²) >= 11 is 1.27. The van der Waals surface area contributed by atoms with Crippen LogP contribution >= 0.6 is 11.3 Å². The summed E-state index contributed by atoms with van der Waals surface area (Å²) in [5.41, 5.74) is -0.375. The molecule has 10 nitrogen and oxygen atoms in total. The highest BCUT2D eigenvalue weighted by Crippen LogP contribution is 2.27. The highest BCUT2D eigenvalue weighted by atomic mass is 32.1. The molecule has 0 aliphatic carbocycles. The van der Waals surface area contributed by atoms with Crippen molar-refractivity contribution in [3.05, 3.63) is 33.9 Å². The summed E-state index contributed by atoms with van der Waals surface area (Å²) in [7, 11) is 0. The van der Waals surface area contributed by atoms with Crippen LogP contribution in [0.3, 0.4) is 0 Å². The van der Waals surface area contributed by atoms with Gasteiger partial charge in [-0.05, 0) is 39.5 Å². The Morgan fingerprint density at radius 3 is 2.24 bits per heavy atom. The van der Waals surface area contributed by atoms with Gasteiger partial charge in [0.1, 0.15) is 22.9 Å². The number of rotatable bonds is 9. The Morgan fingerprint density at radius 2 is 1.68 bits per heavy atom. The second-order valence-corrected chi connectivity index (χ2v) is 10.3. The van der Waals surface area contributed by atoms with Crippen LogP contribution < -0.4 is 10.6 Å². The van der Waals surface area contributed by atoms with Gasteiger partial charge in [0.2, 0.25) is 5.89 Å². The number of oxazole rings is 1. The van der Waals surface area contributed by atoms with Crippen LogP contribution in [0.15, 0.2) is 16.1 Å². The number of carbonyl (C=O) groups is 3. The van der Waals surface area contributed by atoms with E-state index >= 15 is 0 Å². The highest BCUT2D eigenvalue weighted by molar-refractivity contribution is 7.09. The Hall–Kier alpha value is -2.95. The van der Waals surface area contributed by atoms with Crippen LogP contribution in [0.1, 0.15) is 99.3 Å². The van der Waals surface area contributed by atoms with Crippen LogP contribution in [0.4, 0.5) is 4.79 Å². The number of hydrogen-bond acceptors (Lipinski definition) is 9. The summed E-state index contributed by atoms with van der Waals surface area (Å²) in [6.07, 6.45) is 0.650. The maximum absolute atomic E-state index is 12.9. The summed E-state index contributed by atoms with van der Waals surface area (Å²) in [5.74, 6) is -0.833. The summed E-state index contributed by atoms with van der Waals surface area (Å²) in [6, 6.07) is -1.02. The van der Waals surface area contributed by atoms with Crippen molar-refractivity contribution in [1.82, 2.24) is 20.6 Å². The van der Waals surface area contributed by atoms with Gasteiger partial charge in [-0.25, -0.2) is 19.6 Å². The van der Waals surface area contributed by atoms with Crippen LogP contribution in [-0.2, 0) is 9.47 Å². The molecule has 11 heteroatoms. The van der Waals surface area contributed by atoms with Crippen LogP contribution in [0.5, 0.6) is 0 Å². The molecular formula is C23H34N4O6S. The third-order valence-electron chi connectivity index (χ3n) is 4.59. The van der Waals surface area contributed by atoms with Crippen LogP contribution in [0.2, 0.25) is 0 Å². The van der Waals surface area contributed by atoms with Gasteiger partial charge in [0.15, 0.2) is 11.4 Å². The molecule has 2 N–H and O–H groups in total. The standard InChI is InChI=1S/C23H34N4O6S/c1-9-31-21(29)15-11-34-20(25-15)17(13(4)5)26-18(28)14-10-32-19(24-14)16(12(2)3)27-22(30)33-23(6,7)8/h10-13,16-17H,9H2,1-8H3,(H,26,28)(H,27,30)/t16-,17-/m0/s1. The number of carbonyl (C=O) groups excluding carboxylic acids is 3. The molecule has 2 aromatic rings. The van der Waals surface area contributed by atoms with Gasteiger partial charge >= 0.3 is 12.1 Å². The van der Waals surface area contributed by atoms with Gasteiger partial charge < -0.3 is 24.5 Å². The van der Waals surface area contributed by atoms with Crippen LogP contribution in [0, 0.1) is 11.8 Å². The molecule has 0 aliphatic rings. The van der Waals surface area contributed by atoms with E-state index in [1.54, 1.807) is 33.1 Å². The lowest BCUT2D eigenvalue weighted by Gasteiger charge is -2.24. The van der Waals surface area contributed by atoms with E-state index in [0.717, 1.165) is 0 Å². The molecular weight excluding hydrogens is 460 g/mol. The molecule has 2 atom stereocenters. The van der Waals surface area contributed by atoms with Crippen molar-refractivity contribution in [2.75, 3.05) is 6.61 Å². The Morgan fingerprint density at radius 1 is 1.03 bits per heavy atom. The Labute approximate surface area is 203 Å².